The molecule has 0 aliphatic carbocycles. The van der Waals surface area contributed by atoms with Gasteiger partial charge in [-0.25, -0.2) is 13.2 Å². The molecule has 23 heavy (non-hydrogen) atoms. The second-order valence-corrected chi connectivity index (χ2v) is 7.11. The van der Waals surface area contributed by atoms with Crippen molar-refractivity contribution in [3.05, 3.63) is 11.8 Å². The zero-order valence-electron chi connectivity index (χ0n) is 13.2. The minimum absolute atomic E-state index is 0. The molecule has 0 aromatic carbocycles. The van der Waals surface area contributed by atoms with Gasteiger partial charge in [0, 0.05) is 13.1 Å². The number of nitrogens with zero attached hydrogens (tertiary/aromatic N) is 2. The summed E-state index contributed by atoms with van der Waals surface area (Å²) in [5.74, 6) is -0.206. The van der Waals surface area contributed by atoms with Crippen molar-refractivity contribution in [2.75, 3.05) is 33.3 Å². The van der Waals surface area contributed by atoms with E-state index in [9.17, 15) is 13.2 Å². The van der Waals surface area contributed by atoms with Gasteiger partial charge in [0.1, 0.15) is 5.56 Å². The second-order valence-electron chi connectivity index (χ2n) is 5.24. The Hall–Kier alpha value is -1.16. The molecule has 0 bridgehead atoms. The number of piperidine rings is 1. The number of nitrogens with one attached hydrogen (secondary N) is 2. The topological polar surface area (TPSA) is 104 Å². The van der Waals surface area contributed by atoms with Crippen LogP contribution in [0.4, 0.5) is 0 Å². The molecule has 1 aromatic heterocycles. The molecule has 0 saturated carbocycles. The van der Waals surface area contributed by atoms with Gasteiger partial charge in [0.05, 0.1) is 12.8 Å². The summed E-state index contributed by atoms with van der Waals surface area (Å²) in [5, 5.41) is 9.04. The fraction of sp³-hybridized carbons (Fsp3) is 0.692. The summed E-state index contributed by atoms with van der Waals surface area (Å²) in [6.45, 7) is 3.61. The number of esters is 1. The first-order chi connectivity index (χ1) is 10.5. The molecular formula is C13H23ClN4O4S. The van der Waals surface area contributed by atoms with Gasteiger partial charge in [0.15, 0.2) is 5.03 Å². The van der Waals surface area contributed by atoms with Gasteiger partial charge in [-0.15, -0.1) is 12.4 Å². The number of sulfonamides is 1. The summed E-state index contributed by atoms with van der Waals surface area (Å²) < 4.78 is 31.6. The molecule has 8 nitrogen and oxygen atoms in total. The van der Waals surface area contributed by atoms with Gasteiger partial charge in [0.25, 0.3) is 10.0 Å². The van der Waals surface area contributed by atoms with E-state index in [4.69, 9.17) is 4.74 Å². The molecule has 2 N–H and O–H groups in total. The third-order valence-electron chi connectivity index (χ3n) is 3.76. The Kier molecular flexibility index (Phi) is 7.46. The van der Waals surface area contributed by atoms with Crippen LogP contribution in [-0.4, -0.2) is 62.2 Å². The van der Waals surface area contributed by atoms with Crippen molar-refractivity contribution in [2.24, 2.45) is 5.92 Å². The third kappa shape index (κ3) is 4.43. The van der Waals surface area contributed by atoms with Crippen LogP contribution in [0, 0.1) is 5.92 Å². The number of rotatable bonds is 6. The van der Waals surface area contributed by atoms with E-state index in [-0.39, 0.29) is 29.6 Å². The van der Waals surface area contributed by atoms with Crippen molar-refractivity contribution in [1.82, 2.24) is 19.8 Å². The molecule has 10 heteroatoms. The standard InChI is InChI=1S/C13H22N4O4S.ClH/c1-3-21-13(18)11-9-15-16-12(11)22(19,20)17-6-4-10(5-7-17)8-14-2;/h9-10,14H,3-8H2,1-2H3,(H,15,16);1H. The first-order valence-corrected chi connectivity index (χ1v) is 8.80. The summed E-state index contributed by atoms with van der Waals surface area (Å²) >= 11 is 0. The first-order valence-electron chi connectivity index (χ1n) is 7.36. The van der Waals surface area contributed by atoms with E-state index >= 15 is 0 Å². The molecule has 0 atom stereocenters. The highest BCUT2D eigenvalue weighted by molar-refractivity contribution is 7.89. The molecule has 2 heterocycles. The van der Waals surface area contributed by atoms with Crippen LogP contribution >= 0.6 is 12.4 Å². The lowest BCUT2D eigenvalue weighted by molar-refractivity contribution is 0.0521. The quantitative estimate of drug-likeness (QED) is 0.715. The van der Waals surface area contributed by atoms with Gasteiger partial charge >= 0.3 is 5.97 Å². The number of hydrogen-bond acceptors (Lipinski definition) is 6. The minimum atomic E-state index is -3.76. The van der Waals surface area contributed by atoms with Gasteiger partial charge in [-0.05, 0) is 39.3 Å². The molecule has 0 radical (unpaired) electrons. The average Bonchev–Trinajstić information content (AvgIpc) is 2.99. The Morgan fingerprint density at radius 1 is 1.48 bits per heavy atom. The average molecular weight is 367 g/mol. The van der Waals surface area contributed by atoms with Crippen molar-refractivity contribution in [3.63, 3.8) is 0 Å². The van der Waals surface area contributed by atoms with Gasteiger partial charge in [-0.1, -0.05) is 0 Å². The van der Waals surface area contributed by atoms with E-state index in [0.29, 0.717) is 19.0 Å². The molecular weight excluding hydrogens is 344 g/mol. The molecule has 0 amide bonds. The van der Waals surface area contributed by atoms with E-state index in [1.54, 1.807) is 6.92 Å². The largest absolute Gasteiger partial charge is 0.462 e. The maximum atomic E-state index is 12.7. The van der Waals surface area contributed by atoms with Crippen molar-refractivity contribution < 1.29 is 17.9 Å². The smallest absolute Gasteiger partial charge is 0.342 e. The van der Waals surface area contributed by atoms with E-state index in [1.807, 2.05) is 7.05 Å². The summed E-state index contributed by atoms with van der Waals surface area (Å²) in [5.41, 5.74) is -0.0424. The van der Waals surface area contributed by atoms with Crippen LogP contribution in [0.1, 0.15) is 30.1 Å². The Morgan fingerprint density at radius 2 is 2.13 bits per heavy atom. The zero-order chi connectivity index (χ0) is 16.2. The normalized spacial score (nSPS) is 16.8. The first kappa shape index (κ1) is 19.9. The summed E-state index contributed by atoms with van der Waals surface area (Å²) in [6.07, 6.45) is 2.78. The highest BCUT2D eigenvalue weighted by Crippen LogP contribution is 2.24. The predicted molar refractivity (Wildman–Crippen MR) is 87.2 cm³/mol. The van der Waals surface area contributed by atoms with Crippen molar-refractivity contribution in [3.8, 4) is 0 Å². The molecule has 132 valence electrons. The molecule has 0 spiro atoms. The Balaban J connectivity index is 0.00000264. The van der Waals surface area contributed by atoms with E-state index < -0.39 is 16.0 Å². The lowest BCUT2D eigenvalue weighted by Crippen LogP contribution is -2.40. The second kappa shape index (κ2) is 8.62. The van der Waals surface area contributed by atoms with Crippen LogP contribution < -0.4 is 5.32 Å². The third-order valence-corrected chi connectivity index (χ3v) is 5.64. The van der Waals surface area contributed by atoms with Crippen LogP contribution in [0.15, 0.2) is 11.2 Å². The number of carbonyl (C=O) groups excluding carboxylic acids is 1. The maximum Gasteiger partial charge on any atom is 0.342 e. The number of H-pyrrole nitrogens is 1. The molecule has 1 aliphatic rings. The van der Waals surface area contributed by atoms with Crippen LogP contribution in [0.2, 0.25) is 0 Å². The van der Waals surface area contributed by atoms with E-state index in [2.05, 4.69) is 15.5 Å². The van der Waals surface area contributed by atoms with Crippen LogP contribution in [0.5, 0.6) is 0 Å². The molecule has 1 fully saturated rings. The lowest BCUT2D eigenvalue weighted by Gasteiger charge is -2.30. The Morgan fingerprint density at radius 3 is 2.70 bits per heavy atom. The number of halogens is 1. The van der Waals surface area contributed by atoms with E-state index in [1.165, 1.54) is 10.5 Å². The Labute approximate surface area is 142 Å². The molecule has 1 aliphatic heterocycles. The van der Waals surface area contributed by atoms with Crippen LogP contribution in [0.25, 0.3) is 0 Å². The predicted octanol–water partition coefficient (Wildman–Crippen LogP) is 0.628. The van der Waals surface area contributed by atoms with Gasteiger partial charge < -0.3 is 10.1 Å². The van der Waals surface area contributed by atoms with Crippen molar-refractivity contribution in [1.29, 1.82) is 0 Å². The minimum Gasteiger partial charge on any atom is -0.462 e. The van der Waals surface area contributed by atoms with Crippen LogP contribution in [0.3, 0.4) is 0 Å². The maximum absolute atomic E-state index is 12.7. The summed E-state index contributed by atoms with van der Waals surface area (Å²) in [4.78, 5) is 11.8. The zero-order valence-corrected chi connectivity index (χ0v) is 14.9. The van der Waals surface area contributed by atoms with Crippen molar-refractivity contribution >= 4 is 28.4 Å². The van der Waals surface area contributed by atoms with E-state index in [0.717, 1.165) is 19.4 Å². The Bertz CT molecular complexity index is 611. The lowest BCUT2D eigenvalue weighted by atomic mass is 9.98. The van der Waals surface area contributed by atoms with Gasteiger partial charge in [-0.2, -0.15) is 9.40 Å². The monoisotopic (exact) mass is 366 g/mol. The SMILES string of the molecule is CCOC(=O)c1cn[nH]c1S(=O)(=O)N1CCC(CNC)CC1.Cl. The number of ether oxygens (including phenoxy) is 1. The number of hydrogen-bond donors (Lipinski definition) is 2. The van der Waals surface area contributed by atoms with Gasteiger partial charge in [0.2, 0.25) is 0 Å². The van der Waals surface area contributed by atoms with Gasteiger partial charge in [-0.3, -0.25) is 5.10 Å². The van der Waals surface area contributed by atoms with Crippen molar-refractivity contribution in [2.45, 2.75) is 24.8 Å². The molecule has 1 aromatic rings. The number of aromatic amines is 1. The fourth-order valence-corrected chi connectivity index (χ4v) is 4.13. The highest BCUT2D eigenvalue weighted by atomic mass is 35.5. The van der Waals surface area contributed by atoms with Crippen LogP contribution in [-0.2, 0) is 14.8 Å². The molecule has 2 rings (SSSR count). The summed E-state index contributed by atoms with van der Waals surface area (Å²) in [6, 6.07) is 0. The number of carbonyl (C=O) groups is 1. The fourth-order valence-electron chi connectivity index (χ4n) is 2.60. The number of aromatic nitrogens is 2. The molecule has 0 unspecified atom stereocenters. The molecule has 1 saturated heterocycles. The highest BCUT2D eigenvalue weighted by Gasteiger charge is 2.34. The summed E-state index contributed by atoms with van der Waals surface area (Å²) in [7, 11) is -1.87.